The van der Waals surface area contributed by atoms with Crippen LogP contribution in [0, 0.1) is 0 Å². The second kappa shape index (κ2) is 7.47. The summed E-state index contributed by atoms with van der Waals surface area (Å²) in [5, 5.41) is 12.5. The minimum atomic E-state index is -0.705. The minimum absolute atomic E-state index is 0.255. The summed E-state index contributed by atoms with van der Waals surface area (Å²) < 4.78 is 10.8. The molecule has 0 saturated heterocycles. The number of aliphatic hydroxyl groups excluding tert-OH is 1. The van der Waals surface area contributed by atoms with Crippen LogP contribution in [-0.2, 0) is 10.8 Å². The van der Waals surface area contributed by atoms with Crippen LogP contribution in [-0.4, -0.2) is 40.0 Å². The van der Waals surface area contributed by atoms with Crippen LogP contribution >= 0.6 is 0 Å². The standard InChI is InChI=1S/C9H21NO2S/c1-4-9(11)7-10-8(2)5-6-13(3)12/h8-11H,4-7H2,1-3H3. The van der Waals surface area contributed by atoms with Gasteiger partial charge in [-0.25, -0.2) is 0 Å². The molecule has 3 atom stereocenters. The van der Waals surface area contributed by atoms with Gasteiger partial charge < -0.3 is 10.4 Å². The van der Waals surface area contributed by atoms with Crippen LogP contribution in [0.5, 0.6) is 0 Å². The van der Waals surface area contributed by atoms with Gasteiger partial charge in [0.25, 0.3) is 0 Å². The number of aliphatic hydroxyl groups is 1. The molecule has 0 rings (SSSR count). The largest absolute Gasteiger partial charge is 0.392 e. The lowest BCUT2D eigenvalue weighted by Crippen LogP contribution is -2.34. The Labute approximate surface area is 83.4 Å². The summed E-state index contributed by atoms with van der Waals surface area (Å²) in [6.07, 6.45) is 3.14. The molecule has 0 amide bonds. The van der Waals surface area contributed by atoms with Gasteiger partial charge in [-0.1, -0.05) is 6.92 Å². The second-order valence-electron chi connectivity index (χ2n) is 3.44. The van der Waals surface area contributed by atoms with Gasteiger partial charge in [-0.2, -0.15) is 0 Å². The van der Waals surface area contributed by atoms with Gasteiger partial charge in [0.2, 0.25) is 0 Å². The Morgan fingerprint density at radius 2 is 2.15 bits per heavy atom. The van der Waals surface area contributed by atoms with Crippen LogP contribution < -0.4 is 5.32 Å². The van der Waals surface area contributed by atoms with Gasteiger partial charge in [0, 0.05) is 35.4 Å². The van der Waals surface area contributed by atoms with E-state index in [1.54, 1.807) is 6.26 Å². The fourth-order valence-electron chi connectivity index (χ4n) is 0.926. The lowest BCUT2D eigenvalue weighted by atomic mass is 10.2. The van der Waals surface area contributed by atoms with Gasteiger partial charge in [0.05, 0.1) is 6.10 Å². The van der Waals surface area contributed by atoms with Crippen LogP contribution in [0.15, 0.2) is 0 Å². The first kappa shape index (κ1) is 13.1. The Morgan fingerprint density at radius 1 is 1.54 bits per heavy atom. The van der Waals surface area contributed by atoms with Gasteiger partial charge in [0.1, 0.15) is 0 Å². The molecule has 0 aliphatic heterocycles. The summed E-state index contributed by atoms with van der Waals surface area (Å²) in [6.45, 7) is 4.64. The zero-order valence-corrected chi connectivity index (χ0v) is 9.56. The molecule has 0 aromatic carbocycles. The van der Waals surface area contributed by atoms with Crippen LogP contribution in [0.25, 0.3) is 0 Å². The highest BCUT2D eigenvalue weighted by Crippen LogP contribution is 1.94. The third-order valence-corrected chi connectivity index (χ3v) is 2.82. The third kappa shape index (κ3) is 8.40. The van der Waals surface area contributed by atoms with Crippen molar-refractivity contribution >= 4 is 10.8 Å². The predicted octanol–water partition coefficient (Wildman–Crippen LogP) is 0.504. The quantitative estimate of drug-likeness (QED) is 0.639. The van der Waals surface area contributed by atoms with Gasteiger partial charge in [-0.3, -0.25) is 4.21 Å². The normalized spacial score (nSPS) is 18.2. The zero-order chi connectivity index (χ0) is 10.3. The van der Waals surface area contributed by atoms with Crippen molar-refractivity contribution in [3.63, 3.8) is 0 Å². The molecule has 0 fully saturated rings. The molecule has 0 aliphatic carbocycles. The first-order valence-electron chi connectivity index (χ1n) is 4.77. The summed E-state index contributed by atoms with van der Waals surface area (Å²) in [5.74, 6) is 0.733. The van der Waals surface area contributed by atoms with E-state index in [9.17, 15) is 9.32 Å². The average Bonchev–Trinajstić information content (AvgIpc) is 2.10. The molecular weight excluding hydrogens is 186 g/mol. The van der Waals surface area contributed by atoms with Crippen LogP contribution in [0.2, 0.25) is 0 Å². The highest BCUT2D eigenvalue weighted by Gasteiger charge is 2.05. The van der Waals surface area contributed by atoms with Crippen molar-refractivity contribution in [2.45, 2.75) is 38.8 Å². The smallest absolute Gasteiger partial charge is 0.0662 e. The summed E-state index contributed by atoms with van der Waals surface area (Å²) in [4.78, 5) is 0. The summed E-state index contributed by atoms with van der Waals surface area (Å²) in [5.41, 5.74) is 0. The molecule has 0 saturated carbocycles. The highest BCUT2D eigenvalue weighted by atomic mass is 32.2. The first-order valence-corrected chi connectivity index (χ1v) is 6.50. The van der Waals surface area contributed by atoms with E-state index < -0.39 is 10.8 Å². The molecular formula is C9H21NO2S. The van der Waals surface area contributed by atoms with E-state index >= 15 is 0 Å². The molecule has 0 radical (unpaired) electrons. The number of rotatable bonds is 7. The van der Waals surface area contributed by atoms with Crippen LogP contribution in [0.4, 0.5) is 0 Å². The molecule has 0 aromatic heterocycles. The Morgan fingerprint density at radius 3 is 2.62 bits per heavy atom. The molecule has 3 unspecified atom stereocenters. The Hall–Kier alpha value is 0.0700. The second-order valence-corrected chi connectivity index (χ2v) is 4.99. The van der Waals surface area contributed by atoms with Crippen molar-refractivity contribution in [1.82, 2.24) is 5.32 Å². The number of hydrogen-bond acceptors (Lipinski definition) is 3. The zero-order valence-electron chi connectivity index (χ0n) is 8.75. The molecule has 3 nitrogen and oxygen atoms in total. The fourth-order valence-corrected chi connectivity index (χ4v) is 1.61. The molecule has 80 valence electrons. The Bertz CT molecular complexity index is 153. The van der Waals surface area contributed by atoms with E-state index in [2.05, 4.69) is 12.2 Å². The van der Waals surface area contributed by atoms with Crippen molar-refractivity contribution in [2.75, 3.05) is 18.6 Å². The molecule has 4 heteroatoms. The van der Waals surface area contributed by atoms with E-state index in [-0.39, 0.29) is 6.10 Å². The molecule has 0 bridgehead atoms. The third-order valence-electron chi connectivity index (χ3n) is 2.01. The maximum Gasteiger partial charge on any atom is 0.0662 e. The Balaban J connectivity index is 3.39. The molecule has 13 heavy (non-hydrogen) atoms. The fraction of sp³-hybridized carbons (Fsp3) is 1.00. The molecule has 0 aromatic rings. The molecule has 2 N–H and O–H groups in total. The summed E-state index contributed by atoms with van der Waals surface area (Å²) in [7, 11) is -0.705. The molecule has 0 spiro atoms. The minimum Gasteiger partial charge on any atom is -0.392 e. The van der Waals surface area contributed by atoms with Crippen LogP contribution in [0.3, 0.4) is 0 Å². The van der Waals surface area contributed by atoms with E-state index in [1.807, 2.05) is 6.92 Å². The lowest BCUT2D eigenvalue weighted by molar-refractivity contribution is 0.163. The first-order chi connectivity index (χ1) is 6.06. The predicted molar refractivity (Wildman–Crippen MR) is 57.3 cm³/mol. The summed E-state index contributed by atoms with van der Waals surface area (Å²) >= 11 is 0. The average molecular weight is 207 g/mol. The van der Waals surface area contributed by atoms with Crippen LogP contribution in [0.1, 0.15) is 26.7 Å². The monoisotopic (exact) mass is 207 g/mol. The number of nitrogens with one attached hydrogen (secondary N) is 1. The molecule has 0 heterocycles. The maximum absolute atomic E-state index is 10.8. The van der Waals surface area contributed by atoms with Crippen molar-refractivity contribution in [3.05, 3.63) is 0 Å². The number of hydrogen-bond donors (Lipinski definition) is 2. The highest BCUT2D eigenvalue weighted by molar-refractivity contribution is 7.84. The van der Waals surface area contributed by atoms with Gasteiger partial charge >= 0.3 is 0 Å². The topological polar surface area (TPSA) is 49.3 Å². The van der Waals surface area contributed by atoms with Crippen molar-refractivity contribution < 1.29 is 9.32 Å². The van der Waals surface area contributed by atoms with E-state index in [0.29, 0.717) is 12.6 Å². The lowest BCUT2D eigenvalue weighted by Gasteiger charge is -2.15. The maximum atomic E-state index is 10.8. The van der Waals surface area contributed by atoms with E-state index in [0.717, 1.165) is 18.6 Å². The van der Waals surface area contributed by atoms with Gasteiger partial charge in [-0.15, -0.1) is 0 Å². The van der Waals surface area contributed by atoms with Crippen molar-refractivity contribution in [2.24, 2.45) is 0 Å². The van der Waals surface area contributed by atoms with Crippen molar-refractivity contribution in [1.29, 1.82) is 0 Å². The Kier molecular flexibility index (Phi) is 7.51. The molecule has 0 aliphatic rings. The van der Waals surface area contributed by atoms with Crippen molar-refractivity contribution in [3.8, 4) is 0 Å². The van der Waals surface area contributed by atoms with E-state index in [4.69, 9.17) is 0 Å². The SMILES string of the molecule is CCC(O)CNC(C)CCS(C)=O. The van der Waals surface area contributed by atoms with E-state index in [1.165, 1.54) is 0 Å². The summed E-state index contributed by atoms with van der Waals surface area (Å²) in [6, 6.07) is 0.338. The van der Waals surface area contributed by atoms with Gasteiger partial charge in [-0.05, 0) is 19.8 Å². The van der Waals surface area contributed by atoms with Gasteiger partial charge in [0.15, 0.2) is 0 Å².